The van der Waals surface area contributed by atoms with E-state index in [1.54, 1.807) is 0 Å². The van der Waals surface area contributed by atoms with Gasteiger partial charge < -0.3 is 14.2 Å². The molecule has 6 heteroatoms. The first-order chi connectivity index (χ1) is 24.2. The Bertz CT molecular complexity index is 764. The quantitative estimate of drug-likeness (QED) is 0.0361. The lowest BCUT2D eigenvalue weighted by atomic mass is 10.0. The van der Waals surface area contributed by atoms with Crippen molar-refractivity contribution < 1.29 is 28.6 Å². The Morgan fingerprint density at radius 1 is 0.380 bits per heavy atom. The smallest absolute Gasteiger partial charge is 0.306 e. The fourth-order valence-electron chi connectivity index (χ4n) is 6.40. The van der Waals surface area contributed by atoms with Gasteiger partial charge in [-0.1, -0.05) is 195 Å². The number of ether oxygens (including phenoxy) is 3. The third-order valence-corrected chi connectivity index (χ3v) is 9.72. The Kier molecular flexibility index (Phi) is 36.0. The van der Waals surface area contributed by atoms with Gasteiger partial charge in [0.1, 0.15) is 13.2 Å². The molecule has 0 saturated carbocycles. The molecule has 0 rings (SSSR count). The minimum Gasteiger partial charge on any atom is -0.462 e. The maximum atomic E-state index is 12.5. The van der Waals surface area contributed by atoms with Gasteiger partial charge in [0.2, 0.25) is 0 Å². The van der Waals surface area contributed by atoms with E-state index in [1.807, 2.05) is 0 Å². The summed E-state index contributed by atoms with van der Waals surface area (Å²) in [5.41, 5.74) is 0. The highest BCUT2D eigenvalue weighted by Gasteiger charge is 2.19. The predicted molar refractivity (Wildman–Crippen MR) is 210 cm³/mol. The zero-order chi connectivity index (χ0) is 36.9. The Hall–Kier alpha value is -1.59. The van der Waals surface area contributed by atoms with Gasteiger partial charge in [-0.15, -0.1) is 0 Å². The molecule has 6 nitrogen and oxygen atoms in total. The molecule has 0 bridgehead atoms. The summed E-state index contributed by atoms with van der Waals surface area (Å²) in [7, 11) is 0. The zero-order valence-corrected chi connectivity index (χ0v) is 34.0. The van der Waals surface area contributed by atoms with Gasteiger partial charge in [0.15, 0.2) is 6.10 Å². The first-order valence-corrected chi connectivity index (χ1v) is 21.7. The van der Waals surface area contributed by atoms with Gasteiger partial charge in [0.05, 0.1) is 0 Å². The largest absolute Gasteiger partial charge is 0.462 e. The van der Waals surface area contributed by atoms with Crippen molar-refractivity contribution in [3.8, 4) is 0 Å². The first kappa shape index (κ1) is 48.4. The maximum absolute atomic E-state index is 12.5. The summed E-state index contributed by atoms with van der Waals surface area (Å²) in [6, 6.07) is 0. The highest BCUT2D eigenvalue weighted by atomic mass is 16.6. The Morgan fingerprint density at radius 3 is 0.980 bits per heavy atom. The molecule has 0 aliphatic heterocycles. The van der Waals surface area contributed by atoms with Crippen LogP contribution < -0.4 is 0 Å². The summed E-state index contributed by atoms with van der Waals surface area (Å²) in [5, 5.41) is 0. The topological polar surface area (TPSA) is 78.9 Å². The molecule has 296 valence electrons. The minimum atomic E-state index is -0.758. The molecule has 1 atom stereocenters. The third kappa shape index (κ3) is 37.7. The fourth-order valence-corrected chi connectivity index (χ4v) is 6.40. The molecule has 0 aliphatic carbocycles. The van der Waals surface area contributed by atoms with Crippen LogP contribution in [-0.4, -0.2) is 37.2 Å². The second kappa shape index (κ2) is 37.2. The summed E-state index contributed by atoms with van der Waals surface area (Å²) in [6.45, 7) is 11.2. The SMILES string of the molecule is CCCCCCCC(=O)O[C@@H](COC(=O)CCCCCCCCCCCCCCC(C)C)COC(=O)CCCCCCCCCCCC(C)C. The van der Waals surface area contributed by atoms with E-state index in [0.717, 1.165) is 76.0 Å². The molecule has 0 unspecified atom stereocenters. The van der Waals surface area contributed by atoms with E-state index in [0.29, 0.717) is 19.3 Å². The summed E-state index contributed by atoms with van der Waals surface area (Å²) >= 11 is 0. The molecule has 0 amide bonds. The number of hydrogen-bond donors (Lipinski definition) is 0. The maximum Gasteiger partial charge on any atom is 0.306 e. The lowest BCUT2D eigenvalue weighted by molar-refractivity contribution is -0.167. The molecule has 0 fully saturated rings. The summed E-state index contributed by atoms with van der Waals surface area (Å²) < 4.78 is 16.6. The molecule has 0 radical (unpaired) electrons. The lowest BCUT2D eigenvalue weighted by Crippen LogP contribution is -2.30. The number of carbonyl (C=O) groups is 3. The van der Waals surface area contributed by atoms with Gasteiger partial charge in [-0.25, -0.2) is 0 Å². The third-order valence-electron chi connectivity index (χ3n) is 9.72. The summed E-state index contributed by atoms with van der Waals surface area (Å²) in [4.78, 5) is 37.4. The van der Waals surface area contributed by atoms with Gasteiger partial charge in [-0.3, -0.25) is 14.4 Å². The van der Waals surface area contributed by atoms with E-state index in [-0.39, 0.29) is 31.1 Å². The molecule has 0 saturated heterocycles. The molecule has 0 aliphatic rings. The highest BCUT2D eigenvalue weighted by molar-refractivity contribution is 5.71. The van der Waals surface area contributed by atoms with E-state index >= 15 is 0 Å². The second-order valence-corrected chi connectivity index (χ2v) is 15.9. The number of esters is 3. The highest BCUT2D eigenvalue weighted by Crippen LogP contribution is 2.16. The lowest BCUT2D eigenvalue weighted by Gasteiger charge is -2.18. The standard InChI is InChI=1S/C44H84O6/c1-6-7-8-22-31-36-44(47)50-41(38-49-43(46)35-30-26-21-17-13-15-19-24-28-33-40(4)5)37-48-42(45)34-29-25-20-16-12-10-9-11-14-18-23-27-32-39(2)3/h39-41H,6-38H2,1-5H3/t41-/m0/s1. The zero-order valence-electron chi connectivity index (χ0n) is 34.0. The number of rotatable bonds is 38. The van der Waals surface area contributed by atoms with Crippen LogP contribution >= 0.6 is 0 Å². The van der Waals surface area contributed by atoms with Crippen molar-refractivity contribution in [2.24, 2.45) is 11.8 Å². The Labute approximate surface area is 310 Å². The van der Waals surface area contributed by atoms with Crippen molar-refractivity contribution >= 4 is 17.9 Å². The van der Waals surface area contributed by atoms with E-state index in [1.165, 1.54) is 116 Å². The second-order valence-electron chi connectivity index (χ2n) is 15.9. The predicted octanol–water partition coefficient (Wildman–Crippen LogP) is 13.4. The van der Waals surface area contributed by atoms with Crippen LogP contribution in [0.2, 0.25) is 0 Å². The van der Waals surface area contributed by atoms with Crippen LogP contribution in [0.15, 0.2) is 0 Å². The minimum absolute atomic E-state index is 0.0666. The number of carbonyl (C=O) groups excluding carboxylic acids is 3. The van der Waals surface area contributed by atoms with Crippen LogP contribution in [0.5, 0.6) is 0 Å². The summed E-state index contributed by atoms with van der Waals surface area (Å²) in [5.74, 6) is 0.768. The van der Waals surface area contributed by atoms with Crippen LogP contribution in [0.4, 0.5) is 0 Å². The molecule has 0 aromatic heterocycles. The average Bonchev–Trinajstić information content (AvgIpc) is 3.08. The van der Waals surface area contributed by atoms with Crippen LogP contribution in [0.3, 0.4) is 0 Å². The van der Waals surface area contributed by atoms with Gasteiger partial charge in [-0.2, -0.15) is 0 Å². The van der Waals surface area contributed by atoms with Crippen LogP contribution in [0.1, 0.15) is 234 Å². The molecule has 0 N–H and O–H groups in total. The normalized spacial score (nSPS) is 12.1. The Morgan fingerprint density at radius 2 is 0.660 bits per heavy atom. The monoisotopic (exact) mass is 709 g/mol. The molecular formula is C44H84O6. The van der Waals surface area contributed by atoms with Gasteiger partial charge in [-0.05, 0) is 31.1 Å². The first-order valence-electron chi connectivity index (χ1n) is 21.7. The van der Waals surface area contributed by atoms with Gasteiger partial charge >= 0.3 is 17.9 Å². The molecule has 0 spiro atoms. The van der Waals surface area contributed by atoms with Crippen molar-refractivity contribution in [2.45, 2.75) is 240 Å². The average molecular weight is 709 g/mol. The van der Waals surface area contributed by atoms with Crippen molar-refractivity contribution in [1.82, 2.24) is 0 Å². The van der Waals surface area contributed by atoms with Crippen LogP contribution in [-0.2, 0) is 28.6 Å². The molecular weight excluding hydrogens is 624 g/mol. The fraction of sp³-hybridized carbons (Fsp3) is 0.932. The number of unbranched alkanes of at least 4 members (excludes halogenated alkanes) is 23. The van der Waals surface area contributed by atoms with Crippen LogP contribution in [0, 0.1) is 11.8 Å². The van der Waals surface area contributed by atoms with E-state index < -0.39 is 6.10 Å². The van der Waals surface area contributed by atoms with Gasteiger partial charge in [0, 0.05) is 19.3 Å². The molecule has 0 heterocycles. The van der Waals surface area contributed by atoms with E-state index in [4.69, 9.17) is 14.2 Å². The molecule has 0 aromatic carbocycles. The van der Waals surface area contributed by atoms with Gasteiger partial charge in [0.25, 0.3) is 0 Å². The number of hydrogen-bond acceptors (Lipinski definition) is 6. The van der Waals surface area contributed by atoms with Crippen molar-refractivity contribution in [3.63, 3.8) is 0 Å². The van der Waals surface area contributed by atoms with E-state index in [9.17, 15) is 14.4 Å². The van der Waals surface area contributed by atoms with E-state index in [2.05, 4.69) is 34.6 Å². The summed E-state index contributed by atoms with van der Waals surface area (Å²) in [6.07, 6.45) is 34.1. The van der Waals surface area contributed by atoms with Crippen molar-refractivity contribution in [2.75, 3.05) is 13.2 Å². The van der Waals surface area contributed by atoms with Crippen LogP contribution in [0.25, 0.3) is 0 Å². The molecule has 0 aromatic rings. The van der Waals surface area contributed by atoms with Crippen molar-refractivity contribution in [3.05, 3.63) is 0 Å². The Balaban J connectivity index is 4.16. The molecule has 50 heavy (non-hydrogen) atoms. The van der Waals surface area contributed by atoms with Crippen molar-refractivity contribution in [1.29, 1.82) is 0 Å².